The van der Waals surface area contributed by atoms with E-state index in [1.807, 2.05) is 42.5 Å². The van der Waals surface area contributed by atoms with Crippen LogP contribution in [-0.2, 0) is 35.1 Å². The van der Waals surface area contributed by atoms with Gasteiger partial charge >= 0.3 is 5.97 Å². The number of aliphatic hydroxyl groups is 1. The van der Waals surface area contributed by atoms with E-state index in [-0.39, 0.29) is 24.7 Å². The zero-order chi connectivity index (χ0) is 27.9. The summed E-state index contributed by atoms with van der Waals surface area (Å²) in [5, 5.41) is 12.3. The molecule has 4 rings (SSSR count). The first-order valence-corrected chi connectivity index (χ1v) is 13.6. The van der Waals surface area contributed by atoms with Crippen molar-refractivity contribution in [2.45, 2.75) is 70.9 Å². The first kappa shape index (κ1) is 29.2. The monoisotopic (exact) mass is 540 g/mol. The first-order chi connectivity index (χ1) is 18.8. The fourth-order valence-electron chi connectivity index (χ4n) is 5.39. The van der Waals surface area contributed by atoms with Crippen LogP contribution in [0.2, 0.25) is 0 Å². The number of nitrogens with one attached hydrogen (secondary N) is 1. The van der Waals surface area contributed by atoms with E-state index < -0.39 is 24.3 Å². The summed E-state index contributed by atoms with van der Waals surface area (Å²) < 4.78 is 23.6. The first-order valence-electron chi connectivity index (χ1n) is 13.6. The van der Waals surface area contributed by atoms with Gasteiger partial charge in [0.15, 0.2) is 12.4 Å². The molecule has 0 radical (unpaired) electrons. The van der Waals surface area contributed by atoms with Crippen molar-refractivity contribution in [3.8, 4) is 0 Å². The van der Waals surface area contributed by atoms with Crippen LogP contribution in [0.5, 0.6) is 0 Å². The van der Waals surface area contributed by atoms with Gasteiger partial charge < -0.3 is 29.4 Å². The molecule has 2 saturated heterocycles. The second-order valence-electron chi connectivity index (χ2n) is 10.4. The average Bonchev–Trinajstić information content (AvgIpc) is 3.36. The predicted molar refractivity (Wildman–Crippen MR) is 146 cm³/mol. The molecule has 0 aliphatic carbocycles. The molecule has 2 N–H and O–H groups in total. The zero-order valence-electron chi connectivity index (χ0n) is 23.2. The van der Waals surface area contributed by atoms with Gasteiger partial charge in [-0.25, -0.2) is 0 Å². The number of hydrogen-bond donors (Lipinski definition) is 2. The van der Waals surface area contributed by atoms with Crippen LogP contribution in [0.4, 0.5) is 5.69 Å². The zero-order valence-corrected chi connectivity index (χ0v) is 23.2. The van der Waals surface area contributed by atoms with Gasteiger partial charge in [-0.3, -0.25) is 14.5 Å². The van der Waals surface area contributed by atoms with Crippen molar-refractivity contribution in [2.75, 3.05) is 32.1 Å². The van der Waals surface area contributed by atoms with Crippen molar-refractivity contribution >= 4 is 17.6 Å². The largest absolute Gasteiger partial charge is 0.453 e. The van der Waals surface area contributed by atoms with E-state index in [1.165, 1.54) is 13.8 Å². The summed E-state index contributed by atoms with van der Waals surface area (Å²) >= 11 is 0. The summed E-state index contributed by atoms with van der Waals surface area (Å²) in [5.74, 6) is -0.865. The van der Waals surface area contributed by atoms with E-state index in [0.717, 1.165) is 42.6 Å². The second-order valence-corrected chi connectivity index (χ2v) is 10.4. The number of esters is 1. The van der Waals surface area contributed by atoms with Crippen LogP contribution < -0.4 is 5.32 Å². The maximum absolute atomic E-state index is 12.5. The normalized spacial score (nSPS) is 26.2. The van der Waals surface area contributed by atoms with Crippen molar-refractivity contribution in [3.05, 3.63) is 65.2 Å². The van der Waals surface area contributed by atoms with Gasteiger partial charge in [-0.2, -0.15) is 0 Å². The number of hydrogen-bond acceptors (Lipinski definition) is 8. The number of benzene rings is 2. The van der Waals surface area contributed by atoms with Gasteiger partial charge in [-0.15, -0.1) is 0 Å². The predicted octanol–water partition coefficient (Wildman–Crippen LogP) is 3.97. The lowest BCUT2D eigenvalue weighted by Gasteiger charge is -2.43. The minimum absolute atomic E-state index is 0.0137. The van der Waals surface area contributed by atoms with Gasteiger partial charge in [0.25, 0.3) is 5.91 Å². The quantitative estimate of drug-likeness (QED) is 0.436. The topological polar surface area (TPSA) is 107 Å². The number of nitrogens with zero attached hydrogens (tertiary/aromatic N) is 1. The molecule has 2 aliphatic heterocycles. The van der Waals surface area contributed by atoms with E-state index in [0.29, 0.717) is 18.3 Å². The van der Waals surface area contributed by atoms with Crippen LogP contribution in [0.3, 0.4) is 0 Å². The Balaban J connectivity index is 1.57. The molecule has 0 bridgehead atoms. The molecule has 0 aromatic heterocycles. The Morgan fingerprint density at radius 1 is 1.15 bits per heavy atom. The minimum atomic E-state index is -0.912. The number of carbonyl (C=O) groups is 2. The van der Waals surface area contributed by atoms with Gasteiger partial charge in [-0.05, 0) is 49.6 Å². The number of aliphatic hydroxyl groups excluding tert-OH is 1. The minimum Gasteiger partial charge on any atom is -0.453 e. The van der Waals surface area contributed by atoms with Gasteiger partial charge in [0.1, 0.15) is 0 Å². The molecule has 39 heavy (non-hydrogen) atoms. The van der Waals surface area contributed by atoms with Crippen molar-refractivity contribution < 1.29 is 33.6 Å². The molecule has 9 nitrogen and oxygen atoms in total. The number of ether oxygens (including phenoxy) is 4. The average molecular weight is 541 g/mol. The Morgan fingerprint density at radius 3 is 2.62 bits per heavy atom. The summed E-state index contributed by atoms with van der Waals surface area (Å²) in [6.07, 6.45) is 0.340. The molecule has 9 heteroatoms. The van der Waals surface area contributed by atoms with Crippen molar-refractivity contribution in [1.82, 2.24) is 4.90 Å². The van der Waals surface area contributed by atoms with E-state index in [1.54, 1.807) is 13.2 Å². The van der Waals surface area contributed by atoms with E-state index in [9.17, 15) is 14.7 Å². The van der Waals surface area contributed by atoms with Crippen LogP contribution >= 0.6 is 0 Å². The third-order valence-corrected chi connectivity index (χ3v) is 7.53. The second kappa shape index (κ2) is 13.5. The summed E-state index contributed by atoms with van der Waals surface area (Å²) in [4.78, 5) is 26.2. The summed E-state index contributed by atoms with van der Waals surface area (Å²) in [6.45, 7) is 7.40. The molecular formula is C30H40N2O7. The highest BCUT2D eigenvalue weighted by Gasteiger charge is 2.40. The summed E-state index contributed by atoms with van der Waals surface area (Å²) in [6, 6.07) is 15.6. The van der Waals surface area contributed by atoms with Crippen LogP contribution in [-0.4, -0.2) is 66.9 Å². The molecule has 2 aliphatic rings. The Bertz CT molecular complexity index is 1110. The Hall–Kier alpha value is -2.82. The highest BCUT2D eigenvalue weighted by atomic mass is 16.7. The molecule has 0 saturated carbocycles. The third-order valence-electron chi connectivity index (χ3n) is 7.53. The summed E-state index contributed by atoms with van der Waals surface area (Å²) in [5.41, 5.74) is 3.20. The van der Waals surface area contributed by atoms with Crippen molar-refractivity contribution in [2.24, 2.45) is 5.92 Å². The van der Waals surface area contributed by atoms with Gasteiger partial charge in [0, 0.05) is 43.8 Å². The van der Waals surface area contributed by atoms with Gasteiger partial charge in [0.2, 0.25) is 0 Å². The molecular weight excluding hydrogens is 500 g/mol. The maximum Gasteiger partial charge on any atom is 0.303 e. The lowest BCUT2D eigenvalue weighted by molar-refractivity contribution is -0.276. The molecule has 2 heterocycles. The van der Waals surface area contributed by atoms with E-state index in [4.69, 9.17) is 18.9 Å². The Labute approximate surface area is 230 Å². The van der Waals surface area contributed by atoms with E-state index in [2.05, 4.69) is 17.1 Å². The van der Waals surface area contributed by atoms with Crippen LogP contribution in [0, 0.1) is 5.92 Å². The molecule has 1 amide bonds. The highest BCUT2D eigenvalue weighted by molar-refractivity contribution is 5.95. The molecule has 6 atom stereocenters. The standard InChI is InChI=1S/C30H40N2O7/c1-19-27(16-32-14-6-9-26(32)18-36-4)38-30(39-28(19)23-12-10-22(17-33)11-13-23)24-7-5-8-25(15-24)31-29(35)20(2)37-21(3)34/h5,7-8,10-13,15,19-20,26-28,30,33H,6,9,14,16-18H2,1-4H3,(H,31,35)/t19-,20-,26-,27+,28+,30+/m0/s1. The fourth-order valence-corrected chi connectivity index (χ4v) is 5.39. The maximum atomic E-state index is 12.5. The molecule has 212 valence electrons. The molecule has 2 aromatic rings. The van der Waals surface area contributed by atoms with Gasteiger partial charge in [0.05, 0.1) is 25.4 Å². The molecule has 0 spiro atoms. The molecule has 2 aromatic carbocycles. The summed E-state index contributed by atoms with van der Waals surface area (Å²) in [7, 11) is 1.74. The SMILES string of the molecule is COC[C@@H]1CCCN1C[C@H]1O[C@@H](c2cccc(NC(=O)[C@H](C)OC(C)=O)c2)O[C@@H](c2ccc(CO)cc2)[C@H]1C. The Kier molecular flexibility index (Phi) is 10.1. The Morgan fingerprint density at radius 2 is 1.92 bits per heavy atom. The van der Waals surface area contributed by atoms with Gasteiger partial charge in [-0.1, -0.05) is 43.3 Å². The number of rotatable bonds is 10. The molecule has 2 fully saturated rings. The van der Waals surface area contributed by atoms with Crippen molar-refractivity contribution in [3.63, 3.8) is 0 Å². The van der Waals surface area contributed by atoms with Crippen LogP contribution in [0.15, 0.2) is 48.5 Å². The lowest BCUT2D eigenvalue weighted by atomic mass is 9.90. The highest BCUT2D eigenvalue weighted by Crippen LogP contribution is 2.42. The van der Waals surface area contributed by atoms with Crippen LogP contribution in [0.1, 0.15) is 62.7 Å². The van der Waals surface area contributed by atoms with E-state index >= 15 is 0 Å². The van der Waals surface area contributed by atoms with Crippen molar-refractivity contribution in [1.29, 1.82) is 0 Å². The van der Waals surface area contributed by atoms with Crippen LogP contribution in [0.25, 0.3) is 0 Å². The number of amides is 1. The smallest absolute Gasteiger partial charge is 0.303 e. The number of anilines is 1. The third kappa shape index (κ3) is 7.43. The molecule has 0 unspecified atom stereocenters. The number of carbonyl (C=O) groups excluding carboxylic acids is 2. The number of methoxy groups -OCH3 is 1. The number of likely N-dealkylation sites (tertiary alicyclic amines) is 1. The fraction of sp³-hybridized carbons (Fsp3) is 0.533. The lowest BCUT2D eigenvalue weighted by Crippen LogP contribution is -2.46.